The number of nitrogens with one attached hydrogen (secondary N) is 1. The van der Waals surface area contributed by atoms with Gasteiger partial charge in [-0.15, -0.1) is 11.3 Å². The Morgan fingerprint density at radius 1 is 1.34 bits per heavy atom. The molecule has 0 spiro atoms. The van der Waals surface area contributed by atoms with E-state index < -0.39 is 0 Å². The van der Waals surface area contributed by atoms with E-state index in [4.69, 9.17) is 16.3 Å². The first kappa shape index (κ1) is 18.7. The van der Waals surface area contributed by atoms with Crippen molar-refractivity contribution in [2.45, 2.75) is 19.3 Å². The molecule has 0 aliphatic carbocycles. The van der Waals surface area contributed by atoms with Crippen molar-refractivity contribution in [2.24, 2.45) is 0 Å². The molecule has 3 heterocycles. The van der Waals surface area contributed by atoms with Crippen LogP contribution in [0.25, 0.3) is 28.0 Å². The van der Waals surface area contributed by atoms with Gasteiger partial charge in [0, 0.05) is 39.0 Å². The summed E-state index contributed by atoms with van der Waals surface area (Å²) in [4.78, 5) is 17.4. The maximum absolute atomic E-state index is 12.4. The molecule has 6 heteroatoms. The summed E-state index contributed by atoms with van der Waals surface area (Å²) in [5.41, 5.74) is 3.29. The predicted octanol–water partition coefficient (Wildman–Crippen LogP) is 5.25. The first-order chi connectivity index (χ1) is 14.2. The summed E-state index contributed by atoms with van der Waals surface area (Å²) < 4.78 is 5.54. The van der Waals surface area contributed by atoms with Crippen LogP contribution in [0.3, 0.4) is 0 Å². The van der Waals surface area contributed by atoms with Gasteiger partial charge in [0.1, 0.15) is 5.58 Å². The van der Waals surface area contributed by atoms with Crippen molar-refractivity contribution < 1.29 is 4.42 Å². The first-order valence-corrected chi connectivity index (χ1v) is 10.1. The number of thiophene rings is 1. The quantitative estimate of drug-likeness (QED) is 0.369. The Balaban J connectivity index is 1.54. The zero-order valence-electron chi connectivity index (χ0n) is 15.6. The number of benzene rings is 1. The van der Waals surface area contributed by atoms with Crippen molar-refractivity contribution in [3.63, 3.8) is 0 Å². The highest BCUT2D eigenvalue weighted by molar-refractivity contribution is 7.13. The van der Waals surface area contributed by atoms with E-state index in [0.717, 1.165) is 40.2 Å². The number of aryl methyl sites for hydroxylation is 1. The standard InChI is InChI=1S/C23H17N3O2S/c1-25-18(14-24)12-20-8-7-19(29-20)6-2-4-16-11-17-10-15-5-3-9-26-21(15)13-22(17)28-23(16)27/h2,6-8,10-13,26H,3-5,9H2. The van der Waals surface area contributed by atoms with E-state index in [2.05, 4.69) is 16.2 Å². The minimum atomic E-state index is -0.316. The van der Waals surface area contributed by atoms with Crippen LogP contribution >= 0.6 is 11.3 Å². The van der Waals surface area contributed by atoms with E-state index in [0.29, 0.717) is 17.6 Å². The third kappa shape index (κ3) is 4.13. The third-order valence-corrected chi connectivity index (χ3v) is 5.75. The van der Waals surface area contributed by atoms with Gasteiger partial charge in [-0.2, -0.15) is 0 Å². The second-order valence-electron chi connectivity index (χ2n) is 6.74. The van der Waals surface area contributed by atoms with Gasteiger partial charge in [0.25, 0.3) is 5.70 Å². The molecule has 0 saturated heterocycles. The number of fused-ring (bicyclic) bond motifs is 2. The lowest BCUT2D eigenvalue weighted by Gasteiger charge is -2.18. The normalized spacial score (nSPS) is 13.7. The lowest BCUT2D eigenvalue weighted by molar-refractivity contribution is 0.553. The topological polar surface area (TPSA) is 70.4 Å². The van der Waals surface area contributed by atoms with Crippen LogP contribution in [-0.4, -0.2) is 6.54 Å². The van der Waals surface area contributed by atoms with Crippen LogP contribution in [0.15, 0.2) is 51.3 Å². The van der Waals surface area contributed by atoms with Crippen LogP contribution in [0.2, 0.25) is 0 Å². The van der Waals surface area contributed by atoms with E-state index in [9.17, 15) is 4.79 Å². The molecule has 1 aliphatic heterocycles. The number of allylic oxidation sites excluding steroid dienone is 2. The smallest absolute Gasteiger partial charge is 0.339 e. The fourth-order valence-electron chi connectivity index (χ4n) is 3.33. The summed E-state index contributed by atoms with van der Waals surface area (Å²) in [6.07, 6.45) is 8.05. The SMILES string of the molecule is [C-]#[N+]C(C#N)=Cc1ccc(C=CCc2cc3cc4c(cc3oc2=O)NCCC4)s1. The molecule has 1 aromatic carbocycles. The third-order valence-electron chi connectivity index (χ3n) is 4.75. The molecule has 1 aliphatic rings. The van der Waals surface area contributed by atoms with Crippen molar-refractivity contribution in [1.29, 1.82) is 5.26 Å². The molecule has 0 atom stereocenters. The fourth-order valence-corrected chi connectivity index (χ4v) is 4.21. The zero-order chi connectivity index (χ0) is 20.2. The highest BCUT2D eigenvalue weighted by Gasteiger charge is 2.12. The molecule has 0 amide bonds. The number of nitrogens with zero attached hydrogens (tertiary/aromatic N) is 2. The van der Waals surface area contributed by atoms with Crippen LogP contribution in [0.5, 0.6) is 0 Å². The van der Waals surface area contributed by atoms with E-state index in [-0.39, 0.29) is 11.3 Å². The van der Waals surface area contributed by atoms with E-state index >= 15 is 0 Å². The Bertz CT molecular complexity index is 1270. The van der Waals surface area contributed by atoms with Gasteiger partial charge in [-0.05, 0) is 61.2 Å². The first-order valence-electron chi connectivity index (χ1n) is 9.25. The molecule has 0 bridgehead atoms. The average molecular weight is 399 g/mol. The lowest BCUT2D eigenvalue weighted by atomic mass is 10.0. The van der Waals surface area contributed by atoms with Crippen molar-refractivity contribution in [3.05, 3.63) is 84.8 Å². The molecule has 4 rings (SSSR count). The maximum atomic E-state index is 12.4. The summed E-state index contributed by atoms with van der Waals surface area (Å²) >= 11 is 1.48. The molecule has 1 N–H and O–H groups in total. The molecule has 2 aromatic heterocycles. The largest absolute Gasteiger partial charge is 0.422 e. The lowest BCUT2D eigenvalue weighted by Crippen LogP contribution is -2.12. The van der Waals surface area contributed by atoms with Crippen LogP contribution in [0.4, 0.5) is 5.69 Å². The zero-order valence-corrected chi connectivity index (χ0v) is 16.4. The Hall–Kier alpha value is -3.61. The summed E-state index contributed by atoms with van der Waals surface area (Å²) in [5, 5.41) is 13.1. The van der Waals surface area contributed by atoms with Gasteiger partial charge in [0.15, 0.2) is 0 Å². The van der Waals surface area contributed by atoms with Gasteiger partial charge in [0.05, 0.1) is 12.6 Å². The highest BCUT2D eigenvalue weighted by atomic mass is 32.1. The maximum Gasteiger partial charge on any atom is 0.339 e. The Morgan fingerprint density at radius 2 is 2.21 bits per heavy atom. The van der Waals surface area contributed by atoms with Gasteiger partial charge in [-0.3, -0.25) is 0 Å². The summed E-state index contributed by atoms with van der Waals surface area (Å²) in [7, 11) is 0. The summed E-state index contributed by atoms with van der Waals surface area (Å²) in [6.45, 7) is 7.88. The molecule has 142 valence electrons. The van der Waals surface area contributed by atoms with Crippen molar-refractivity contribution >= 4 is 40.1 Å². The number of hydrogen-bond acceptors (Lipinski definition) is 5. The predicted molar refractivity (Wildman–Crippen MR) is 117 cm³/mol. The van der Waals surface area contributed by atoms with Crippen molar-refractivity contribution in [2.75, 3.05) is 11.9 Å². The minimum Gasteiger partial charge on any atom is -0.422 e. The fraction of sp³-hybridized carbons (Fsp3) is 0.174. The second-order valence-corrected chi connectivity index (χ2v) is 7.88. The molecule has 29 heavy (non-hydrogen) atoms. The van der Waals surface area contributed by atoms with Crippen LogP contribution in [0, 0.1) is 17.9 Å². The second kappa shape index (κ2) is 8.18. The van der Waals surface area contributed by atoms with Gasteiger partial charge < -0.3 is 9.73 Å². The van der Waals surface area contributed by atoms with Crippen LogP contribution < -0.4 is 10.9 Å². The number of nitriles is 1. The van der Waals surface area contributed by atoms with Crippen LogP contribution in [0.1, 0.15) is 27.3 Å². The average Bonchev–Trinajstić information content (AvgIpc) is 3.18. The molecule has 3 aromatic rings. The van der Waals surface area contributed by atoms with Crippen molar-refractivity contribution in [3.8, 4) is 6.07 Å². The van der Waals surface area contributed by atoms with Gasteiger partial charge in [-0.25, -0.2) is 14.9 Å². The number of rotatable bonds is 4. The molecule has 0 unspecified atom stereocenters. The Morgan fingerprint density at radius 3 is 3.03 bits per heavy atom. The van der Waals surface area contributed by atoms with Gasteiger partial charge in [0.2, 0.25) is 0 Å². The van der Waals surface area contributed by atoms with E-state index in [1.54, 1.807) is 6.08 Å². The minimum absolute atomic E-state index is 0.0635. The van der Waals surface area contributed by atoms with Gasteiger partial charge in [-0.1, -0.05) is 6.08 Å². The van der Waals surface area contributed by atoms with Crippen molar-refractivity contribution in [1.82, 2.24) is 0 Å². The van der Waals surface area contributed by atoms with Gasteiger partial charge >= 0.3 is 5.63 Å². The molecule has 0 saturated carbocycles. The number of hydrogen-bond donors (Lipinski definition) is 1. The molecule has 5 nitrogen and oxygen atoms in total. The number of anilines is 1. The Kier molecular flexibility index (Phi) is 5.29. The Labute approximate surface area is 172 Å². The van der Waals surface area contributed by atoms with E-state index in [1.165, 1.54) is 16.9 Å². The van der Waals surface area contributed by atoms with Crippen LogP contribution in [-0.2, 0) is 12.8 Å². The molecular weight excluding hydrogens is 382 g/mol. The summed E-state index contributed by atoms with van der Waals surface area (Å²) in [5.74, 6) is 0. The summed E-state index contributed by atoms with van der Waals surface area (Å²) in [6, 6.07) is 11.6. The van der Waals surface area contributed by atoms with E-state index in [1.807, 2.05) is 42.5 Å². The molecular formula is C23H17N3O2S. The monoisotopic (exact) mass is 399 g/mol. The highest BCUT2D eigenvalue weighted by Crippen LogP contribution is 2.28. The molecule has 0 radical (unpaired) electrons. The molecule has 0 fully saturated rings.